The maximum Gasteiger partial charge on any atom is 0.240 e. The quantitative estimate of drug-likeness (QED) is 0.333. The molecule has 0 bridgehead atoms. The number of hydrogen-bond acceptors (Lipinski definition) is 9. The Hall–Kier alpha value is -2.13. The molecule has 0 aliphatic carbocycles. The van der Waals surface area contributed by atoms with Crippen LogP contribution < -0.4 is 14.8 Å². The number of benzene rings is 1. The molecule has 2 fully saturated rings. The van der Waals surface area contributed by atoms with Gasteiger partial charge in [-0.05, 0) is 62.6 Å². The number of aryl methyl sites for hydroxylation is 1. The minimum atomic E-state index is -3.58. The zero-order chi connectivity index (χ0) is 27.2. The summed E-state index contributed by atoms with van der Waals surface area (Å²) in [5.74, 6) is 0.427. The molecule has 0 radical (unpaired) electrons. The van der Waals surface area contributed by atoms with Crippen LogP contribution in [0.15, 0.2) is 53.7 Å². The van der Waals surface area contributed by atoms with Gasteiger partial charge in [-0.1, -0.05) is 6.07 Å². The van der Waals surface area contributed by atoms with Gasteiger partial charge >= 0.3 is 0 Å². The van der Waals surface area contributed by atoms with Crippen molar-refractivity contribution >= 4 is 20.0 Å². The Kier molecular flexibility index (Phi) is 9.40. The van der Waals surface area contributed by atoms with Crippen LogP contribution in [0, 0.1) is 0 Å². The first kappa shape index (κ1) is 28.9. The maximum atomic E-state index is 12.8. The third kappa shape index (κ3) is 7.50. The van der Waals surface area contributed by atoms with E-state index in [1.165, 1.54) is 19.2 Å². The Bertz CT molecular complexity index is 1270. The minimum absolute atomic E-state index is 0.00108. The van der Waals surface area contributed by atoms with Crippen LogP contribution in [0.2, 0.25) is 0 Å². The Morgan fingerprint density at radius 1 is 1.18 bits per heavy atom. The molecule has 13 heteroatoms. The molecule has 210 valence electrons. The van der Waals surface area contributed by atoms with Crippen molar-refractivity contribution in [1.82, 2.24) is 19.3 Å². The first-order valence-electron chi connectivity index (χ1n) is 12.7. The van der Waals surface area contributed by atoms with Gasteiger partial charge in [-0.15, -0.1) is 0 Å². The van der Waals surface area contributed by atoms with Gasteiger partial charge in [0, 0.05) is 44.1 Å². The zero-order valence-corrected chi connectivity index (χ0v) is 23.1. The summed E-state index contributed by atoms with van der Waals surface area (Å²) in [7, 11) is -5.59. The van der Waals surface area contributed by atoms with E-state index < -0.39 is 26.2 Å². The molecule has 38 heavy (non-hydrogen) atoms. The van der Waals surface area contributed by atoms with Crippen LogP contribution in [0.1, 0.15) is 24.8 Å². The van der Waals surface area contributed by atoms with Crippen LogP contribution in [0.4, 0.5) is 0 Å². The maximum absolute atomic E-state index is 12.8. The average Bonchev–Trinajstić information content (AvgIpc) is 3.32. The molecule has 3 N–H and O–H groups in total. The zero-order valence-electron chi connectivity index (χ0n) is 21.5. The lowest BCUT2D eigenvalue weighted by atomic mass is 9.88. The van der Waals surface area contributed by atoms with Gasteiger partial charge in [-0.25, -0.2) is 25.9 Å². The number of sulfonamides is 2. The second kappa shape index (κ2) is 12.4. The van der Waals surface area contributed by atoms with Gasteiger partial charge in [0.25, 0.3) is 0 Å². The molecule has 2 saturated heterocycles. The topological polar surface area (TPSA) is 147 Å². The highest BCUT2D eigenvalue weighted by atomic mass is 32.2. The predicted molar refractivity (Wildman–Crippen MR) is 142 cm³/mol. The fraction of sp³-hybridized carbons (Fsp3) is 0.560. The second-order valence-corrected chi connectivity index (χ2v) is 13.7. The fourth-order valence-corrected chi connectivity index (χ4v) is 7.08. The molecule has 4 rings (SSSR count). The van der Waals surface area contributed by atoms with Crippen LogP contribution in [0.25, 0.3) is 0 Å². The monoisotopic (exact) mass is 568 g/mol. The highest BCUT2D eigenvalue weighted by Gasteiger charge is 2.44. The van der Waals surface area contributed by atoms with Gasteiger partial charge < -0.3 is 19.9 Å². The van der Waals surface area contributed by atoms with E-state index in [1.807, 2.05) is 12.1 Å². The number of hydrogen-bond donors (Lipinski definition) is 3. The van der Waals surface area contributed by atoms with E-state index >= 15 is 0 Å². The van der Waals surface area contributed by atoms with Crippen LogP contribution in [-0.4, -0.2) is 94.6 Å². The number of aliphatic hydroxyl groups excluding tert-OH is 1. The summed E-state index contributed by atoms with van der Waals surface area (Å²) in [6, 6.07) is 9.80. The number of ether oxygens (including phenoxy) is 2. The van der Waals surface area contributed by atoms with Crippen LogP contribution in [0.5, 0.6) is 5.75 Å². The first-order chi connectivity index (χ1) is 18.1. The molecule has 11 nitrogen and oxygen atoms in total. The smallest absolute Gasteiger partial charge is 0.240 e. The molecule has 2 aliphatic rings. The number of nitrogens with one attached hydrogen (secondary N) is 2. The second-order valence-electron chi connectivity index (χ2n) is 9.77. The van der Waals surface area contributed by atoms with Crippen LogP contribution >= 0.6 is 0 Å². The normalized spacial score (nSPS) is 20.9. The lowest BCUT2D eigenvalue weighted by Gasteiger charge is -2.38. The van der Waals surface area contributed by atoms with Gasteiger partial charge in [-0.3, -0.25) is 4.98 Å². The Labute approximate surface area is 224 Å². The number of pyridine rings is 1. The van der Waals surface area contributed by atoms with E-state index in [9.17, 15) is 21.9 Å². The van der Waals surface area contributed by atoms with Crippen molar-refractivity contribution in [2.24, 2.45) is 0 Å². The Balaban J connectivity index is 1.18. The van der Waals surface area contributed by atoms with Crippen LogP contribution in [-0.2, 0) is 31.2 Å². The minimum Gasteiger partial charge on any atom is -0.491 e. The highest BCUT2D eigenvalue weighted by Crippen LogP contribution is 2.36. The Morgan fingerprint density at radius 2 is 1.92 bits per heavy atom. The average molecular weight is 569 g/mol. The predicted octanol–water partition coefficient (Wildman–Crippen LogP) is 0.515. The summed E-state index contributed by atoms with van der Waals surface area (Å²) in [4.78, 5) is 4.05. The molecule has 2 aliphatic heterocycles. The summed E-state index contributed by atoms with van der Waals surface area (Å²) < 4.78 is 65.1. The third-order valence-electron chi connectivity index (χ3n) is 7.10. The number of aliphatic hydroxyl groups is 1. The van der Waals surface area contributed by atoms with Gasteiger partial charge in [0.15, 0.2) is 0 Å². The van der Waals surface area contributed by atoms with E-state index in [0.29, 0.717) is 44.7 Å². The summed E-state index contributed by atoms with van der Waals surface area (Å²) in [6.07, 6.45) is 5.01. The van der Waals surface area contributed by atoms with Crippen molar-refractivity contribution in [3.8, 4) is 5.75 Å². The Morgan fingerprint density at radius 3 is 2.63 bits per heavy atom. The van der Waals surface area contributed by atoms with E-state index in [2.05, 4.69) is 15.0 Å². The lowest BCUT2D eigenvalue weighted by Crippen LogP contribution is -2.47. The summed E-state index contributed by atoms with van der Waals surface area (Å²) in [5.41, 5.74) is 0.600. The molecule has 2 atom stereocenters. The highest BCUT2D eigenvalue weighted by molar-refractivity contribution is 7.89. The van der Waals surface area contributed by atoms with Gasteiger partial charge in [0.2, 0.25) is 20.0 Å². The molecule has 0 amide bonds. The van der Waals surface area contributed by atoms with Gasteiger partial charge in [-0.2, -0.15) is 0 Å². The molecule has 1 aromatic carbocycles. The molecule has 3 heterocycles. The number of piperidine rings is 1. The summed E-state index contributed by atoms with van der Waals surface area (Å²) in [6.45, 7) is 1.65. The molecular formula is C25H36N4O7S2. The molecule has 1 unspecified atom stereocenters. The first-order valence-corrected chi connectivity index (χ1v) is 15.8. The van der Waals surface area contributed by atoms with E-state index in [-0.39, 0.29) is 35.4 Å². The van der Waals surface area contributed by atoms with E-state index in [1.54, 1.807) is 28.8 Å². The van der Waals surface area contributed by atoms with Gasteiger partial charge in [0.1, 0.15) is 18.5 Å². The molecule has 1 spiro atoms. The van der Waals surface area contributed by atoms with Gasteiger partial charge in [0.05, 0.1) is 22.9 Å². The van der Waals surface area contributed by atoms with Crippen molar-refractivity contribution in [2.45, 2.75) is 48.3 Å². The summed E-state index contributed by atoms with van der Waals surface area (Å²) >= 11 is 0. The lowest BCUT2D eigenvalue weighted by molar-refractivity contribution is -0.0312. The summed E-state index contributed by atoms with van der Waals surface area (Å²) in [5, 5.41) is 13.7. The molecule has 2 aromatic rings. The number of aromatic nitrogens is 1. The van der Waals surface area contributed by atoms with Crippen molar-refractivity contribution in [3.63, 3.8) is 0 Å². The van der Waals surface area contributed by atoms with Crippen molar-refractivity contribution in [1.29, 1.82) is 0 Å². The molecule has 1 aromatic heterocycles. The van der Waals surface area contributed by atoms with Crippen molar-refractivity contribution in [2.75, 3.05) is 45.6 Å². The molecular weight excluding hydrogens is 532 g/mol. The molecule has 0 saturated carbocycles. The van der Waals surface area contributed by atoms with Crippen molar-refractivity contribution < 1.29 is 31.4 Å². The third-order valence-corrected chi connectivity index (χ3v) is 10.4. The fourth-order valence-electron chi connectivity index (χ4n) is 4.82. The largest absolute Gasteiger partial charge is 0.491 e. The SMILES string of the molecule is CNS(=O)(=O)c1cccc(OC[C@@H](O)CNC2COC3(CCN(S(=O)(=O)CCc4ccncc4)CC3)C2)c1. The van der Waals surface area contributed by atoms with Crippen molar-refractivity contribution in [3.05, 3.63) is 54.4 Å². The van der Waals surface area contributed by atoms with Crippen LogP contribution in [0.3, 0.4) is 0 Å². The standard InChI is InChI=1S/C25H36N4O7S2/c1-26-38(33,34)24-4-2-3-23(15-24)35-19-22(30)17-28-21-16-25(36-18-21)8-12-29(13-9-25)37(31,32)14-7-20-5-10-27-11-6-20/h2-6,10-11,15,21-22,26,28,30H,7-9,12-14,16-19H2,1H3/t21?,22-/m0/s1. The van der Waals surface area contributed by atoms with E-state index in [0.717, 1.165) is 12.0 Å². The number of nitrogens with zero attached hydrogens (tertiary/aromatic N) is 2. The number of rotatable bonds is 12. The van der Waals surface area contributed by atoms with E-state index in [4.69, 9.17) is 9.47 Å².